The van der Waals surface area contributed by atoms with Crippen LogP contribution in [0.5, 0.6) is 0 Å². The minimum Gasteiger partial charge on any atom is -0.389 e. The minimum atomic E-state index is -0.893. The van der Waals surface area contributed by atoms with Gasteiger partial charge in [0.1, 0.15) is 0 Å². The van der Waals surface area contributed by atoms with Crippen molar-refractivity contribution in [3.8, 4) is 5.69 Å². The average molecular weight is 272 g/mol. The minimum absolute atomic E-state index is 0.0915. The van der Waals surface area contributed by atoms with Gasteiger partial charge in [0.2, 0.25) is 0 Å². The van der Waals surface area contributed by atoms with E-state index in [4.69, 9.17) is 0 Å². The van der Waals surface area contributed by atoms with Gasteiger partial charge in [-0.05, 0) is 50.2 Å². The van der Waals surface area contributed by atoms with E-state index in [0.29, 0.717) is 12.1 Å². The van der Waals surface area contributed by atoms with Crippen LogP contribution in [0.3, 0.4) is 0 Å². The van der Waals surface area contributed by atoms with Gasteiger partial charge in [0.25, 0.3) is 5.91 Å². The molecule has 0 saturated carbocycles. The van der Waals surface area contributed by atoms with Crippen LogP contribution >= 0.6 is 0 Å². The Hall–Kier alpha value is -2.07. The van der Waals surface area contributed by atoms with E-state index in [2.05, 4.69) is 0 Å². The van der Waals surface area contributed by atoms with E-state index >= 15 is 0 Å². The summed E-state index contributed by atoms with van der Waals surface area (Å²) in [6, 6.07) is 11.3. The van der Waals surface area contributed by atoms with Crippen LogP contribution in [0.1, 0.15) is 24.2 Å². The maximum Gasteiger partial charge on any atom is 0.253 e. The van der Waals surface area contributed by atoms with Crippen LogP contribution in [0, 0.1) is 0 Å². The highest BCUT2D eigenvalue weighted by Gasteiger charge is 2.20. The third-order valence-electron chi connectivity index (χ3n) is 2.99. The van der Waals surface area contributed by atoms with Gasteiger partial charge in [0, 0.05) is 37.2 Å². The van der Waals surface area contributed by atoms with Gasteiger partial charge in [-0.15, -0.1) is 0 Å². The van der Waals surface area contributed by atoms with Gasteiger partial charge >= 0.3 is 0 Å². The second kappa shape index (κ2) is 5.51. The smallest absolute Gasteiger partial charge is 0.253 e. The monoisotopic (exact) mass is 272 g/mol. The fraction of sp³-hybridized carbons (Fsp3) is 0.312. The molecule has 1 heterocycles. The fourth-order valence-electron chi connectivity index (χ4n) is 2.16. The average Bonchev–Trinajstić information content (AvgIpc) is 2.90. The predicted octanol–water partition coefficient (Wildman–Crippen LogP) is 2.32. The predicted molar refractivity (Wildman–Crippen MR) is 79.0 cm³/mol. The van der Waals surface area contributed by atoms with Crippen molar-refractivity contribution in [2.45, 2.75) is 19.4 Å². The molecule has 1 aromatic heterocycles. The highest BCUT2D eigenvalue weighted by atomic mass is 16.3. The molecule has 106 valence electrons. The van der Waals surface area contributed by atoms with Crippen molar-refractivity contribution >= 4 is 5.91 Å². The van der Waals surface area contributed by atoms with Gasteiger partial charge in [-0.1, -0.05) is 0 Å². The molecule has 0 saturated heterocycles. The van der Waals surface area contributed by atoms with E-state index in [1.807, 2.05) is 41.2 Å². The lowest BCUT2D eigenvalue weighted by atomic mass is 10.1. The molecule has 0 atom stereocenters. The number of rotatable bonds is 4. The number of hydrogen-bond donors (Lipinski definition) is 1. The first-order valence-corrected chi connectivity index (χ1v) is 6.58. The first-order valence-electron chi connectivity index (χ1n) is 6.58. The summed E-state index contributed by atoms with van der Waals surface area (Å²) in [6.07, 6.45) is 3.91. The van der Waals surface area contributed by atoms with Crippen LogP contribution in [0.2, 0.25) is 0 Å². The molecular formula is C16H20N2O2. The molecule has 1 aromatic carbocycles. The van der Waals surface area contributed by atoms with Gasteiger partial charge in [-0.25, -0.2) is 0 Å². The summed E-state index contributed by atoms with van der Waals surface area (Å²) in [5.74, 6) is -0.0915. The standard InChI is InChI=1S/C16H20N2O2/c1-16(2,20)12-17(3)15(19)13-6-8-14(9-7-13)18-10-4-5-11-18/h4-11,20H,12H2,1-3H3. The Balaban J connectivity index is 2.12. The molecule has 0 aliphatic carbocycles. The zero-order chi connectivity index (χ0) is 14.8. The van der Waals surface area contributed by atoms with Crippen molar-refractivity contribution in [2.24, 2.45) is 0 Å². The molecule has 4 heteroatoms. The number of hydrogen-bond acceptors (Lipinski definition) is 2. The molecule has 4 nitrogen and oxygen atoms in total. The topological polar surface area (TPSA) is 45.5 Å². The Morgan fingerprint density at radius 3 is 2.25 bits per heavy atom. The Kier molecular flexibility index (Phi) is 3.95. The van der Waals surface area contributed by atoms with Crippen molar-refractivity contribution in [3.05, 3.63) is 54.4 Å². The molecule has 0 bridgehead atoms. The van der Waals surface area contributed by atoms with Crippen LogP contribution in [0.15, 0.2) is 48.8 Å². The van der Waals surface area contributed by atoms with E-state index in [1.165, 1.54) is 4.90 Å². The molecule has 0 unspecified atom stereocenters. The molecule has 0 radical (unpaired) electrons. The van der Waals surface area contributed by atoms with Crippen LogP contribution in [0.25, 0.3) is 5.69 Å². The number of nitrogens with zero attached hydrogens (tertiary/aromatic N) is 2. The summed E-state index contributed by atoms with van der Waals surface area (Å²) >= 11 is 0. The summed E-state index contributed by atoms with van der Waals surface area (Å²) in [5.41, 5.74) is 0.736. The summed E-state index contributed by atoms with van der Waals surface area (Å²) < 4.78 is 1.98. The number of carbonyl (C=O) groups excluding carboxylic acids is 1. The van der Waals surface area contributed by atoms with Crippen molar-refractivity contribution in [3.63, 3.8) is 0 Å². The van der Waals surface area contributed by atoms with E-state index in [9.17, 15) is 9.90 Å². The number of amides is 1. The normalized spacial score (nSPS) is 11.4. The van der Waals surface area contributed by atoms with Gasteiger partial charge in [0.15, 0.2) is 0 Å². The fourth-order valence-corrected chi connectivity index (χ4v) is 2.16. The lowest BCUT2D eigenvalue weighted by molar-refractivity contribution is 0.0368. The number of aromatic nitrogens is 1. The zero-order valence-electron chi connectivity index (χ0n) is 12.1. The third-order valence-corrected chi connectivity index (χ3v) is 2.99. The van der Waals surface area contributed by atoms with Gasteiger partial charge in [-0.2, -0.15) is 0 Å². The van der Waals surface area contributed by atoms with Crippen LogP contribution in [0.4, 0.5) is 0 Å². The Bertz CT molecular complexity index is 566. The molecule has 0 aliphatic rings. The maximum absolute atomic E-state index is 12.2. The Labute approximate surface area is 119 Å². The largest absolute Gasteiger partial charge is 0.389 e. The molecule has 0 aliphatic heterocycles. The molecule has 1 amide bonds. The lowest BCUT2D eigenvalue weighted by Crippen LogP contribution is -2.39. The number of likely N-dealkylation sites (N-methyl/N-ethyl adjacent to an activating group) is 1. The van der Waals surface area contributed by atoms with Crippen LogP contribution in [-0.2, 0) is 0 Å². The molecular weight excluding hydrogens is 252 g/mol. The van der Waals surface area contributed by atoms with E-state index in [-0.39, 0.29) is 5.91 Å². The van der Waals surface area contributed by atoms with Gasteiger partial charge in [0.05, 0.1) is 5.60 Å². The first kappa shape index (κ1) is 14.3. The zero-order valence-corrected chi connectivity index (χ0v) is 12.1. The quantitative estimate of drug-likeness (QED) is 0.928. The lowest BCUT2D eigenvalue weighted by Gasteiger charge is -2.25. The highest BCUT2D eigenvalue weighted by Crippen LogP contribution is 2.13. The molecule has 20 heavy (non-hydrogen) atoms. The summed E-state index contributed by atoms with van der Waals surface area (Å²) in [4.78, 5) is 13.8. The first-order chi connectivity index (χ1) is 9.37. The van der Waals surface area contributed by atoms with Gasteiger partial charge < -0.3 is 14.6 Å². The van der Waals surface area contributed by atoms with Crippen LogP contribution in [-0.4, -0.2) is 39.7 Å². The Morgan fingerprint density at radius 2 is 1.75 bits per heavy atom. The molecule has 2 aromatic rings. The van der Waals surface area contributed by atoms with Crippen molar-refractivity contribution < 1.29 is 9.90 Å². The highest BCUT2D eigenvalue weighted by molar-refractivity contribution is 5.94. The van der Waals surface area contributed by atoms with Crippen LogP contribution < -0.4 is 0 Å². The number of aliphatic hydroxyl groups is 1. The van der Waals surface area contributed by atoms with E-state index in [0.717, 1.165) is 5.69 Å². The number of carbonyl (C=O) groups is 1. The third kappa shape index (κ3) is 3.48. The summed E-state index contributed by atoms with van der Waals surface area (Å²) in [6.45, 7) is 3.67. The summed E-state index contributed by atoms with van der Waals surface area (Å²) in [7, 11) is 1.69. The Morgan fingerprint density at radius 1 is 1.20 bits per heavy atom. The maximum atomic E-state index is 12.2. The molecule has 1 N–H and O–H groups in total. The van der Waals surface area contributed by atoms with Crippen molar-refractivity contribution in [1.29, 1.82) is 0 Å². The second-order valence-corrected chi connectivity index (χ2v) is 5.61. The molecule has 2 rings (SSSR count). The van der Waals surface area contributed by atoms with Gasteiger partial charge in [-0.3, -0.25) is 4.79 Å². The second-order valence-electron chi connectivity index (χ2n) is 5.61. The number of benzene rings is 1. The van der Waals surface area contributed by atoms with Crippen molar-refractivity contribution in [1.82, 2.24) is 9.47 Å². The molecule has 0 fully saturated rings. The van der Waals surface area contributed by atoms with Crippen molar-refractivity contribution in [2.75, 3.05) is 13.6 Å². The van der Waals surface area contributed by atoms with E-state index < -0.39 is 5.60 Å². The summed E-state index contributed by atoms with van der Waals surface area (Å²) in [5, 5.41) is 9.76. The van der Waals surface area contributed by atoms with E-state index in [1.54, 1.807) is 33.0 Å². The molecule has 0 spiro atoms. The SMILES string of the molecule is CN(CC(C)(C)O)C(=O)c1ccc(-n2cccc2)cc1.